The number of amides is 2. The van der Waals surface area contributed by atoms with E-state index in [0.717, 1.165) is 42.5 Å². The van der Waals surface area contributed by atoms with Crippen molar-refractivity contribution in [3.05, 3.63) is 63.3 Å². The van der Waals surface area contributed by atoms with Crippen LogP contribution in [0.15, 0.2) is 35.1 Å². The first kappa shape index (κ1) is 18.7. The van der Waals surface area contributed by atoms with Gasteiger partial charge in [0.25, 0.3) is 5.56 Å². The minimum absolute atomic E-state index is 0.126. The van der Waals surface area contributed by atoms with Gasteiger partial charge in [0.2, 0.25) is 0 Å². The van der Waals surface area contributed by atoms with E-state index in [4.69, 9.17) is 0 Å². The molecule has 1 fully saturated rings. The zero-order valence-corrected chi connectivity index (χ0v) is 16.0. The maximum atomic E-state index is 13.4. The smallest absolute Gasteiger partial charge is 0.318 e. The lowest BCUT2D eigenvalue weighted by Gasteiger charge is -2.32. The maximum Gasteiger partial charge on any atom is 0.318 e. The number of halogens is 1. The molecule has 0 radical (unpaired) electrons. The highest BCUT2D eigenvalue weighted by atomic mass is 19.1. The minimum atomic E-state index is -0.276. The fourth-order valence-electron chi connectivity index (χ4n) is 4.33. The first-order chi connectivity index (χ1) is 13.5. The van der Waals surface area contributed by atoms with Crippen LogP contribution in [-0.2, 0) is 20.0 Å². The molecule has 1 atom stereocenters. The number of hydrogen-bond donors (Lipinski definition) is 1. The second-order valence-corrected chi connectivity index (χ2v) is 7.77. The van der Waals surface area contributed by atoms with Crippen LogP contribution in [-0.4, -0.2) is 27.3 Å². The third-order valence-electron chi connectivity index (χ3n) is 5.90. The van der Waals surface area contributed by atoms with Crippen molar-refractivity contribution in [1.82, 2.24) is 20.0 Å². The van der Waals surface area contributed by atoms with Gasteiger partial charge in [-0.1, -0.05) is 25.0 Å². The lowest BCUT2D eigenvalue weighted by atomic mass is 9.91. The van der Waals surface area contributed by atoms with Crippen molar-refractivity contribution in [2.75, 3.05) is 6.54 Å². The number of carbonyl (C=O) groups is 1. The van der Waals surface area contributed by atoms with Crippen molar-refractivity contribution in [3.63, 3.8) is 0 Å². The van der Waals surface area contributed by atoms with Crippen molar-refractivity contribution in [2.24, 2.45) is 13.0 Å². The number of aromatic nitrogens is 2. The third-order valence-corrected chi connectivity index (χ3v) is 5.90. The Kier molecular flexibility index (Phi) is 5.15. The molecule has 1 saturated carbocycles. The zero-order valence-electron chi connectivity index (χ0n) is 16.0. The largest absolute Gasteiger partial charge is 0.331 e. The molecule has 1 aliphatic carbocycles. The van der Waals surface area contributed by atoms with Gasteiger partial charge in [0, 0.05) is 38.2 Å². The van der Waals surface area contributed by atoms with Crippen molar-refractivity contribution in [3.8, 4) is 0 Å². The standard InChI is InChI=1S/C21H25FN4O2/c1-25-19(27)12-16-13-26(11-10-18(16)24-25)21(28)23-20(14-4-2-3-5-14)15-6-8-17(22)9-7-15/h6-9,12,14,20H,2-5,10-11,13H2,1H3,(H,23,28). The summed E-state index contributed by atoms with van der Waals surface area (Å²) in [6.45, 7) is 0.940. The Balaban J connectivity index is 1.52. The molecule has 2 amide bonds. The average Bonchev–Trinajstić information content (AvgIpc) is 3.22. The second-order valence-electron chi connectivity index (χ2n) is 7.77. The van der Waals surface area contributed by atoms with Crippen molar-refractivity contribution in [2.45, 2.75) is 44.7 Å². The van der Waals surface area contributed by atoms with E-state index in [2.05, 4.69) is 10.4 Å². The molecule has 1 aromatic carbocycles. The van der Waals surface area contributed by atoms with Gasteiger partial charge in [-0.3, -0.25) is 4.79 Å². The van der Waals surface area contributed by atoms with Gasteiger partial charge in [-0.25, -0.2) is 13.9 Å². The van der Waals surface area contributed by atoms with Gasteiger partial charge in [0.15, 0.2) is 0 Å². The van der Waals surface area contributed by atoms with Gasteiger partial charge in [-0.15, -0.1) is 0 Å². The van der Waals surface area contributed by atoms with E-state index in [1.54, 1.807) is 30.1 Å². The number of benzene rings is 1. The summed E-state index contributed by atoms with van der Waals surface area (Å²) in [5.74, 6) is 0.0856. The fourth-order valence-corrected chi connectivity index (χ4v) is 4.33. The van der Waals surface area contributed by atoms with Crippen LogP contribution in [0.2, 0.25) is 0 Å². The predicted octanol–water partition coefficient (Wildman–Crippen LogP) is 2.92. The molecule has 148 valence electrons. The van der Waals surface area contributed by atoms with Gasteiger partial charge >= 0.3 is 6.03 Å². The molecule has 4 rings (SSSR count). The maximum absolute atomic E-state index is 13.4. The van der Waals surface area contributed by atoms with E-state index in [1.807, 2.05) is 0 Å². The lowest BCUT2D eigenvalue weighted by molar-refractivity contribution is 0.182. The molecule has 6 nitrogen and oxygen atoms in total. The summed E-state index contributed by atoms with van der Waals surface area (Å²) in [7, 11) is 1.64. The van der Waals surface area contributed by atoms with E-state index in [9.17, 15) is 14.0 Å². The van der Waals surface area contributed by atoms with E-state index < -0.39 is 0 Å². The number of urea groups is 1. The summed E-state index contributed by atoms with van der Waals surface area (Å²) < 4.78 is 14.7. The highest BCUT2D eigenvalue weighted by Crippen LogP contribution is 2.36. The zero-order chi connectivity index (χ0) is 19.7. The van der Waals surface area contributed by atoms with Crippen LogP contribution in [0.4, 0.5) is 9.18 Å². The number of aryl methyl sites for hydroxylation is 1. The van der Waals surface area contributed by atoms with Crippen LogP contribution in [0.3, 0.4) is 0 Å². The van der Waals surface area contributed by atoms with E-state index in [-0.39, 0.29) is 23.4 Å². The van der Waals surface area contributed by atoms with E-state index >= 15 is 0 Å². The molecule has 0 bridgehead atoms. The monoisotopic (exact) mass is 384 g/mol. The van der Waals surface area contributed by atoms with Crippen LogP contribution in [0.25, 0.3) is 0 Å². The quantitative estimate of drug-likeness (QED) is 0.885. The number of hydrogen-bond acceptors (Lipinski definition) is 3. The number of carbonyl (C=O) groups excluding carboxylic acids is 1. The minimum Gasteiger partial charge on any atom is -0.331 e. The average molecular weight is 384 g/mol. The second kappa shape index (κ2) is 7.73. The Morgan fingerprint density at radius 2 is 1.96 bits per heavy atom. The molecule has 2 aliphatic rings. The molecule has 1 N–H and O–H groups in total. The Labute approximate surface area is 163 Å². The van der Waals surface area contributed by atoms with Crippen LogP contribution < -0.4 is 10.9 Å². The summed E-state index contributed by atoms with van der Waals surface area (Å²) >= 11 is 0. The molecule has 7 heteroatoms. The Morgan fingerprint density at radius 1 is 1.25 bits per heavy atom. The highest BCUT2D eigenvalue weighted by Gasteiger charge is 2.30. The summed E-state index contributed by atoms with van der Waals surface area (Å²) in [6, 6.07) is 7.71. The highest BCUT2D eigenvalue weighted by molar-refractivity contribution is 5.75. The molecular formula is C21H25FN4O2. The molecule has 2 heterocycles. The van der Waals surface area contributed by atoms with Crippen molar-refractivity contribution >= 4 is 6.03 Å². The molecule has 0 spiro atoms. The first-order valence-corrected chi connectivity index (χ1v) is 9.88. The summed E-state index contributed by atoms with van der Waals surface area (Å²) in [6.07, 6.45) is 5.06. The van der Waals surface area contributed by atoms with Crippen LogP contribution in [0, 0.1) is 11.7 Å². The Bertz CT molecular complexity index is 919. The van der Waals surface area contributed by atoms with Gasteiger partial charge in [0.1, 0.15) is 5.82 Å². The van der Waals surface area contributed by atoms with Gasteiger partial charge in [-0.05, 0) is 36.5 Å². The van der Waals surface area contributed by atoms with Crippen molar-refractivity contribution < 1.29 is 9.18 Å². The Morgan fingerprint density at radius 3 is 2.68 bits per heavy atom. The van der Waals surface area contributed by atoms with E-state index in [0.29, 0.717) is 25.4 Å². The van der Waals surface area contributed by atoms with Crippen LogP contribution in [0.5, 0.6) is 0 Å². The summed E-state index contributed by atoms with van der Waals surface area (Å²) in [5.41, 5.74) is 2.45. The molecule has 28 heavy (non-hydrogen) atoms. The number of nitrogens with one attached hydrogen (secondary N) is 1. The first-order valence-electron chi connectivity index (χ1n) is 9.88. The number of rotatable bonds is 3. The Hall–Kier alpha value is -2.70. The predicted molar refractivity (Wildman–Crippen MR) is 103 cm³/mol. The molecule has 1 unspecified atom stereocenters. The molecule has 0 saturated heterocycles. The topological polar surface area (TPSA) is 67.2 Å². The van der Waals surface area contributed by atoms with Crippen molar-refractivity contribution in [1.29, 1.82) is 0 Å². The molecule has 1 aliphatic heterocycles. The normalized spacial score (nSPS) is 18.0. The van der Waals surface area contributed by atoms with E-state index in [1.165, 1.54) is 16.8 Å². The SMILES string of the molecule is Cn1nc2c(cc1=O)CN(C(=O)NC(c1ccc(F)cc1)C1CCCC1)CC2. The number of nitrogens with zero attached hydrogens (tertiary/aromatic N) is 3. The van der Waals surface area contributed by atoms with Crippen LogP contribution in [0.1, 0.15) is 48.5 Å². The lowest BCUT2D eigenvalue weighted by Crippen LogP contribution is -2.46. The molecule has 1 aromatic heterocycles. The van der Waals surface area contributed by atoms with Gasteiger partial charge < -0.3 is 10.2 Å². The van der Waals surface area contributed by atoms with Gasteiger partial charge in [-0.2, -0.15) is 5.10 Å². The molecular weight excluding hydrogens is 359 g/mol. The fraction of sp³-hybridized carbons (Fsp3) is 0.476. The summed E-state index contributed by atoms with van der Waals surface area (Å²) in [5, 5.41) is 7.48. The molecule has 2 aromatic rings. The van der Waals surface area contributed by atoms with Gasteiger partial charge in [0.05, 0.1) is 11.7 Å². The third kappa shape index (κ3) is 3.79. The summed E-state index contributed by atoms with van der Waals surface area (Å²) in [4.78, 5) is 26.6. The van der Waals surface area contributed by atoms with Crippen LogP contribution >= 0.6 is 0 Å². The number of fused-ring (bicyclic) bond motifs is 1.